The van der Waals surface area contributed by atoms with Gasteiger partial charge in [-0.05, 0) is 18.9 Å². The van der Waals surface area contributed by atoms with Crippen LogP contribution in [0.4, 0.5) is 13.2 Å². The predicted molar refractivity (Wildman–Crippen MR) is 51.4 cm³/mol. The van der Waals surface area contributed by atoms with E-state index in [0.29, 0.717) is 18.2 Å². The van der Waals surface area contributed by atoms with Crippen LogP contribution in [0, 0.1) is 5.92 Å². The lowest BCUT2D eigenvalue weighted by atomic mass is 10.0. The van der Waals surface area contributed by atoms with Gasteiger partial charge in [0.25, 0.3) is 0 Å². The van der Waals surface area contributed by atoms with Crippen molar-refractivity contribution in [2.75, 3.05) is 13.1 Å². The third-order valence-electron chi connectivity index (χ3n) is 3.36. The van der Waals surface area contributed by atoms with Gasteiger partial charge in [0.15, 0.2) is 0 Å². The van der Waals surface area contributed by atoms with Crippen molar-refractivity contribution >= 4 is 12.4 Å². The second-order valence-corrected chi connectivity index (χ2v) is 4.26. The zero-order valence-electron chi connectivity index (χ0n) is 8.17. The van der Waals surface area contributed by atoms with Gasteiger partial charge in [-0.2, -0.15) is 13.2 Å². The molecule has 2 atom stereocenters. The fraction of sp³-hybridized carbons (Fsp3) is 0.667. The van der Waals surface area contributed by atoms with Crippen LogP contribution in [0.15, 0.2) is 10.6 Å². The highest BCUT2D eigenvalue weighted by Gasteiger charge is 2.60. The summed E-state index contributed by atoms with van der Waals surface area (Å²) in [5.41, 5.74) is 0.275. The molecule has 2 aliphatic rings. The lowest BCUT2D eigenvalue weighted by Gasteiger charge is -2.05. The first-order valence-corrected chi connectivity index (χ1v) is 4.77. The molecule has 0 spiro atoms. The summed E-state index contributed by atoms with van der Waals surface area (Å²) in [5, 5.41) is 6.69. The van der Waals surface area contributed by atoms with Gasteiger partial charge in [0.2, 0.25) is 5.76 Å². The first-order valence-electron chi connectivity index (χ1n) is 4.77. The normalized spacial score (nSPS) is 32.1. The fourth-order valence-electron chi connectivity index (χ4n) is 2.38. The quantitative estimate of drug-likeness (QED) is 0.833. The zero-order valence-corrected chi connectivity index (χ0v) is 8.99. The molecule has 2 heterocycles. The maximum absolute atomic E-state index is 12.3. The van der Waals surface area contributed by atoms with E-state index in [1.807, 2.05) is 0 Å². The van der Waals surface area contributed by atoms with Crippen LogP contribution in [0.25, 0.3) is 0 Å². The van der Waals surface area contributed by atoms with Gasteiger partial charge in [-0.1, -0.05) is 5.16 Å². The molecule has 0 aromatic carbocycles. The molecular formula is C9H10ClF3N2O. The molecule has 1 aromatic rings. The third-order valence-corrected chi connectivity index (χ3v) is 3.36. The van der Waals surface area contributed by atoms with Crippen molar-refractivity contribution in [2.45, 2.75) is 18.0 Å². The number of piperidine rings is 1. The minimum absolute atomic E-state index is 0. The Bertz CT molecular complexity index is 406. The molecule has 1 aliphatic heterocycles. The Balaban J connectivity index is 0.000000963. The average molecular weight is 255 g/mol. The minimum atomic E-state index is -4.43. The van der Waals surface area contributed by atoms with E-state index >= 15 is 0 Å². The van der Waals surface area contributed by atoms with Gasteiger partial charge in [0.05, 0.1) is 5.69 Å². The molecule has 1 aromatic heterocycles. The molecule has 2 unspecified atom stereocenters. The molecule has 16 heavy (non-hydrogen) atoms. The highest BCUT2D eigenvalue weighted by atomic mass is 35.5. The largest absolute Gasteiger partial charge is 0.452 e. The minimum Gasteiger partial charge on any atom is -0.351 e. The smallest absolute Gasteiger partial charge is 0.351 e. The third kappa shape index (κ3) is 1.51. The highest BCUT2D eigenvalue weighted by molar-refractivity contribution is 5.85. The maximum atomic E-state index is 12.3. The first kappa shape index (κ1) is 11.7. The van der Waals surface area contributed by atoms with Crippen molar-refractivity contribution in [3.63, 3.8) is 0 Å². The molecule has 0 radical (unpaired) electrons. The Labute approximate surface area is 95.8 Å². The number of fused-ring (bicyclic) bond motifs is 1. The van der Waals surface area contributed by atoms with E-state index in [2.05, 4.69) is 15.0 Å². The van der Waals surface area contributed by atoms with Crippen LogP contribution in [0.2, 0.25) is 0 Å². The second-order valence-electron chi connectivity index (χ2n) is 4.26. The second kappa shape index (κ2) is 3.37. The summed E-state index contributed by atoms with van der Waals surface area (Å²) in [5.74, 6) is -0.562. The van der Waals surface area contributed by atoms with E-state index in [9.17, 15) is 13.2 Å². The van der Waals surface area contributed by atoms with Crippen molar-refractivity contribution in [3.8, 4) is 0 Å². The molecule has 90 valence electrons. The molecule has 1 aliphatic carbocycles. The molecule has 1 saturated carbocycles. The number of nitrogens with one attached hydrogen (secondary N) is 1. The van der Waals surface area contributed by atoms with Crippen LogP contribution in [-0.4, -0.2) is 18.2 Å². The summed E-state index contributed by atoms with van der Waals surface area (Å²) in [6.45, 7) is 1.58. The molecule has 3 rings (SSSR count). The topological polar surface area (TPSA) is 38.1 Å². The van der Waals surface area contributed by atoms with Crippen LogP contribution in [0.1, 0.15) is 17.9 Å². The molecule has 3 nitrogen and oxygen atoms in total. The van der Waals surface area contributed by atoms with Crippen molar-refractivity contribution in [2.24, 2.45) is 5.92 Å². The summed E-state index contributed by atoms with van der Waals surface area (Å²) < 4.78 is 41.2. The Morgan fingerprint density at radius 1 is 1.50 bits per heavy atom. The Morgan fingerprint density at radius 2 is 2.25 bits per heavy atom. The predicted octanol–water partition coefficient (Wildman–Crippen LogP) is 1.98. The van der Waals surface area contributed by atoms with E-state index in [0.717, 1.165) is 19.0 Å². The lowest BCUT2D eigenvalue weighted by Crippen LogP contribution is -2.19. The lowest BCUT2D eigenvalue weighted by molar-refractivity contribution is -0.155. The van der Waals surface area contributed by atoms with Gasteiger partial charge in [-0.25, -0.2) is 0 Å². The molecule has 1 N–H and O–H groups in total. The summed E-state index contributed by atoms with van der Waals surface area (Å²) >= 11 is 0. The Morgan fingerprint density at radius 3 is 2.69 bits per heavy atom. The van der Waals surface area contributed by atoms with Crippen molar-refractivity contribution < 1.29 is 17.7 Å². The van der Waals surface area contributed by atoms with Crippen LogP contribution >= 0.6 is 12.4 Å². The van der Waals surface area contributed by atoms with Crippen molar-refractivity contribution in [1.82, 2.24) is 10.5 Å². The van der Waals surface area contributed by atoms with Gasteiger partial charge >= 0.3 is 6.18 Å². The number of hydrogen-bond donors (Lipinski definition) is 1. The first-order chi connectivity index (χ1) is 7.02. The summed E-state index contributed by atoms with van der Waals surface area (Å²) in [6, 6.07) is 1.03. The number of aromatic nitrogens is 1. The Hall–Kier alpha value is -0.750. The molecule has 2 fully saturated rings. The number of halogens is 4. The number of alkyl halides is 3. The highest BCUT2D eigenvalue weighted by Crippen LogP contribution is 2.56. The van der Waals surface area contributed by atoms with Crippen LogP contribution in [0.3, 0.4) is 0 Å². The van der Waals surface area contributed by atoms with Gasteiger partial charge in [0, 0.05) is 18.0 Å². The van der Waals surface area contributed by atoms with Gasteiger partial charge < -0.3 is 9.84 Å². The van der Waals surface area contributed by atoms with E-state index in [1.165, 1.54) is 0 Å². The summed E-state index contributed by atoms with van der Waals surface area (Å²) in [6.07, 6.45) is -3.51. The fourth-order valence-corrected chi connectivity index (χ4v) is 2.38. The average Bonchev–Trinajstić information content (AvgIpc) is 2.63. The summed E-state index contributed by atoms with van der Waals surface area (Å²) in [7, 11) is 0. The number of hydrogen-bond acceptors (Lipinski definition) is 3. The van der Waals surface area contributed by atoms with Crippen LogP contribution in [0.5, 0.6) is 0 Å². The van der Waals surface area contributed by atoms with Gasteiger partial charge in [-0.3, -0.25) is 0 Å². The number of nitrogens with zero attached hydrogens (tertiary/aromatic N) is 1. The van der Waals surface area contributed by atoms with E-state index in [1.54, 1.807) is 0 Å². The van der Waals surface area contributed by atoms with E-state index < -0.39 is 11.9 Å². The standard InChI is InChI=1S/C9H9F3N2O.ClH/c10-9(11,12)7-1-6(14-15-7)8-2-5(8)3-13-4-8;/h1,5,13H,2-4H2;1H. The van der Waals surface area contributed by atoms with E-state index in [4.69, 9.17) is 0 Å². The van der Waals surface area contributed by atoms with Gasteiger partial charge in [0.1, 0.15) is 0 Å². The van der Waals surface area contributed by atoms with Crippen LogP contribution < -0.4 is 5.32 Å². The Kier molecular flexibility index (Phi) is 2.47. The van der Waals surface area contributed by atoms with Gasteiger partial charge in [-0.15, -0.1) is 12.4 Å². The molecule has 0 bridgehead atoms. The van der Waals surface area contributed by atoms with E-state index in [-0.39, 0.29) is 17.8 Å². The molecule has 1 saturated heterocycles. The van der Waals surface area contributed by atoms with Crippen molar-refractivity contribution in [3.05, 3.63) is 17.5 Å². The summed E-state index contributed by atoms with van der Waals surface area (Å²) in [4.78, 5) is 0. The number of rotatable bonds is 1. The van der Waals surface area contributed by atoms with Crippen LogP contribution in [-0.2, 0) is 11.6 Å². The molecular weight excluding hydrogens is 245 g/mol. The maximum Gasteiger partial charge on any atom is 0.452 e. The molecule has 0 amide bonds. The monoisotopic (exact) mass is 254 g/mol. The zero-order chi connectivity index (χ0) is 10.7. The molecule has 7 heteroatoms. The SMILES string of the molecule is Cl.FC(F)(F)c1cc(C23CNCC2C3)no1. The van der Waals surface area contributed by atoms with Crippen molar-refractivity contribution in [1.29, 1.82) is 0 Å².